The van der Waals surface area contributed by atoms with Gasteiger partial charge >= 0.3 is 0 Å². The van der Waals surface area contributed by atoms with Gasteiger partial charge in [0.1, 0.15) is 6.04 Å². The molecular formula is C14H20N2O2S. The summed E-state index contributed by atoms with van der Waals surface area (Å²) in [7, 11) is 0. The van der Waals surface area contributed by atoms with Crippen LogP contribution >= 0.6 is 12.6 Å². The maximum atomic E-state index is 11.9. The lowest BCUT2D eigenvalue weighted by molar-refractivity contribution is -0.122. The second-order valence-electron chi connectivity index (χ2n) is 4.88. The van der Waals surface area contributed by atoms with Crippen LogP contribution in [0.2, 0.25) is 0 Å². The van der Waals surface area contributed by atoms with E-state index in [0.717, 1.165) is 0 Å². The van der Waals surface area contributed by atoms with Gasteiger partial charge in [-0.2, -0.15) is 0 Å². The van der Waals surface area contributed by atoms with E-state index in [9.17, 15) is 9.59 Å². The van der Waals surface area contributed by atoms with Crippen molar-refractivity contribution in [2.75, 3.05) is 6.54 Å². The molecule has 0 bridgehead atoms. The molecule has 0 spiro atoms. The maximum absolute atomic E-state index is 11.9. The Morgan fingerprint density at radius 2 is 1.95 bits per heavy atom. The van der Waals surface area contributed by atoms with Gasteiger partial charge in [0.05, 0.1) is 0 Å². The summed E-state index contributed by atoms with van der Waals surface area (Å²) in [5.74, 6) is -0.0695. The van der Waals surface area contributed by atoms with Crippen molar-refractivity contribution in [1.29, 1.82) is 0 Å². The van der Waals surface area contributed by atoms with Crippen molar-refractivity contribution >= 4 is 24.4 Å². The summed E-state index contributed by atoms with van der Waals surface area (Å²) in [6.07, 6.45) is 0. The van der Waals surface area contributed by atoms with Crippen molar-refractivity contribution < 1.29 is 9.59 Å². The quantitative estimate of drug-likeness (QED) is 0.721. The molecule has 1 unspecified atom stereocenters. The van der Waals surface area contributed by atoms with Crippen LogP contribution in [0.4, 0.5) is 0 Å². The first-order chi connectivity index (χ1) is 8.90. The van der Waals surface area contributed by atoms with Crippen LogP contribution in [-0.4, -0.2) is 24.4 Å². The largest absolute Gasteiger partial charge is 0.354 e. The van der Waals surface area contributed by atoms with Gasteiger partial charge in [-0.3, -0.25) is 9.59 Å². The highest BCUT2D eigenvalue weighted by Gasteiger charge is 2.16. The fourth-order valence-corrected chi connectivity index (χ4v) is 1.68. The average Bonchev–Trinajstić information content (AvgIpc) is 2.35. The molecule has 1 atom stereocenters. The summed E-state index contributed by atoms with van der Waals surface area (Å²) < 4.78 is 0. The number of rotatable bonds is 5. The van der Waals surface area contributed by atoms with Crippen LogP contribution in [0, 0.1) is 5.92 Å². The molecule has 0 heterocycles. The van der Waals surface area contributed by atoms with E-state index in [1.165, 1.54) is 0 Å². The van der Waals surface area contributed by atoms with Gasteiger partial charge in [0, 0.05) is 17.0 Å². The summed E-state index contributed by atoms with van der Waals surface area (Å²) in [6, 6.07) is 6.33. The van der Waals surface area contributed by atoms with E-state index in [4.69, 9.17) is 0 Å². The SMILES string of the molecule is CC(C)CNC(=O)C(C)NC(=O)c1cccc(S)c1. The number of nitrogens with one attached hydrogen (secondary N) is 2. The number of amides is 2. The third kappa shape index (κ3) is 5.34. The minimum absolute atomic E-state index is 0.177. The fraction of sp³-hybridized carbons (Fsp3) is 0.429. The number of hydrogen-bond donors (Lipinski definition) is 3. The molecule has 4 nitrogen and oxygen atoms in total. The zero-order valence-corrected chi connectivity index (χ0v) is 12.3. The van der Waals surface area contributed by atoms with E-state index in [2.05, 4.69) is 23.3 Å². The molecule has 19 heavy (non-hydrogen) atoms. The maximum Gasteiger partial charge on any atom is 0.251 e. The Hall–Kier alpha value is -1.49. The molecule has 0 aliphatic carbocycles. The molecule has 0 saturated carbocycles. The standard InChI is InChI=1S/C14H20N2O2S/c1-9(2)8-15-13(17)10(3)16-14(18)11-5-4-6-12(19)7-11/h4-7,9-10,19H,8H2,1-3H3,(H,15,17)(H,16,18). The van der Waals surface area contributed by atoms with Gasteiger partial charge in [0.2, 0.25) is 5.91 Å². The van der Waals surface area contributed by atoms with E-state index in [-0.39, 0.29) is 11.8 Å². The first-order valence-electron chi connectivity index (χ1n) is 6.27. The van der Waals surface area contributed by atoms with Crippen LogP contribution in [0.25, 0.3) is 0 Å². The van der Waals surface area contributed by atoms with Crippen molar-refractivity contribution in [3.05, 3.63) is 29.8 Å². The Kier molecular flexibility index (Phi) is 5.89. The molecule has 1 aromatic carbocycles. The Morgan fingerprint density at radius 3 is 2.53 bits per heavy atom. The van der Waals surface area contributed by atoms with Gasteiger partial charge < -0.3 is 10.6 Å². The van der Waals surface area contributed by atoms with Crippen LogP contribution in [0.1, 0.15) is 31.1 Å². The first kappa shape index (κ1) is 15.6. The second kappa shape index (κ2) is 7.19. The van der Waals surface area contributed by atoms with Crippen molar-refractivity contribution in [3.8, 4) is 0 Å². The zero-order chi connectivity index (χ0) is 14.4. The molecule has 0 aromatic heterocycles. The van der Waals surface area contributed by atoms with Crippen LogP contribution in [0.5, 0.6) is 0 Å². The van der Waals surface area contributed by atoms with Crippen molar-refractivity contribution in [2.24, 2.45) is 5.92 Å². The average molecular weight is 280 g/mol. The van der Waals surface area contributed by atoms with Crippen LogP contribution in [0.15, 0.2) is 29.2 Å². The van der Waals surface area contributed by atoms with Gasteiger partial charge in [-0.25, -0.2) is 0 Å². The molecule has 0 aliphatic rings. The van der Waals surface area contributed by atoms with E-state index in [1.807, 2.05) is 13.8 Å². The highest BCUT2D eigenvalue weighted by molar-refractivity contribution is 7.80. The molecular weight excluding hydrogens is 260 g/mol. The van der Waals surface area contributed by atoms with Gasteiger partial charge in [-0.1, -0.05) is 19.9 Å². The van der Waals surface area contributed by atoms with Crippen LogP contribution < -0.4 is 10.6 Å². The zero-order valence-electron chi connectivity index (χ0n) is 11.4. The molecule has 2 N–H and O–H groups in total. The van der Waals surface area contributed by atoms with Crippen molar-refractivity contribution in [3.63, 3.8) is 0 Å². The van der Waals surface area contributed by atoms with E-state index in [0.29, 0.717) is 22.9 Å². The van der Waals surface area contributed by atoms with Gasteiger partial charge in [-0.05, 0) is 31.0 Å². The monoisotopic (exact) mass is 280 g/mol. The van der Waals surface area contributed by atoms with Gasteiger partial charge in [0.15, 0.2) is 0 Å². The number of benzene rings is 1. The Morgan fingerprint density at radius 1 is 1.26 bits per heavy atom. The summed E-state index contributed by atoms with van der Waals surface area (Å²) in [6.45, 7) is 6.30. The molecule has 0 saturated heterocycles. The summed E-state index contributed by atoms with van der Waals surface area (Å²) >= 11 is 4.18. The van der Waals surface area contributed by atoms with E-state index in [1.54, 1.807) is 31.2 Å². The lowest BCUT2D eigenvalue weighted by Crippen LogP contribution is -2.45. The molecule has 5 heteroatoms. The predicted molar refractivity (Wildman–Crippen MR) is 78.5 cm³/mol. The van der Waals surface area contributed by atoms with Crippen molar-refractivity contribution in [2.45, 2.75) is 31.7 Å². The highest BCUT2D eigenvalue weighted by atomic mass is 32.1. The first-order valence-corrected chi connectivity index (χ1v) is 6.72. The second-order valence-corrected chi connectivity index (χ2v) is 5.40. The summed E-state index contributed by atoms with van der Waals surface area (Å²) in [4.78, 5) is 24.4. The van der Waals surface area contributed by atoms with Gasteiger partial charge in [0.25, 0.3) is 5.91 Å². The van der Waals surface area contributed by atoms with E-state index >= 15 is 0 Å². The Balaban J connectivity index is 2.54. The van der Waals surface area contributed by atoms with E-state index < -0.39 is 6.04 Å². The molecule has 0 aliphatic heterocycles. The topological polar surface area (TPSA) is 58.2 Å². The van der Waals surface area contributed by atoms with Crippen LogP contribution in [0.3, 0.4) is 0 Å². The van der Waals surface area contributed by atoms with Gasteiger partial charge in [-0.15, -0.1) is 12.6 Å². The third-order valence-corrected chi connectivity index (χ3v) is 2.81. The van der Waals surface area contributed by atoms with Crippen LogP contribution in [-0.2, 0) is 4.79 Å². The Bertz CT molecular complexity index is 461. The molecule has 104 valence electrons. The van der Waals surface area contributed by atoms with Crippen molar-refractivity contribution in [1.82, 2.24) is 10.6 Å². The molecule has 1 aromatic rings. The molecule has 0 radical (unpaired) electrons. The molecule has 2 amide bonds. The molecule has 0 fully saturated rings. The minimum atomic E-state index is -0.560. The number of hydrogen-bond acceptors (Lipinski definition) is 3. The lowest BCUT2D eigenvalue weighted by atomic mass is 10.2. The predicted octanol–water partition coefficient (Wildman–Crippen LogP) is 1.87. The highest BCUT2D eigenvalue weighted by Crippen LogP contribution is 2.08. The fourth-order valence-electron chi connectivity index (χ4n) is 1.45. The third-order valence-electron chi connectivity index (χ3n) is 2.53. The number of thiol groups is 1. The lowest BCUT2D eigenvalue weighted by Gasteiger charge is -2.15. The normalized spacial score (nSPS) is 12.1. The summed E-state index contributed by atoms with van der Waals surface area (Å²) in [5.41, 5.74) is 0.496. The number of carbonyl (C=O) groups is 2. The minimum Gasteiger partial charge on any atom is -0.354 e. The number of carbonyl (C=O) groups excluding carboxylic acids is 2. The summed E-state index contributed by atoms with van der Waals surface area (Å²) in [5, 5.41) is 5.44. The Labute approximate surface area is 119 Å². The molecule has 1 rings (SSSR count). The smallest absolute Gasteiger partial charge is 0.251 e.